The summed E-state index contributed by atoms with van der Waals surface area (Å²) in [4.78, 5) is 34.0. The Balaban J connectivity index is 0.00000116. The number of carboxylic acid groups (broad SMARTS) is 2. The van der Waals surface area contributed by atoms with E-state index < -0.39 is 0 Å². The van der Waals surface area contributed by atoms with E-state index in [1.54, 1.807) is 0 Å². The molecule has 9 nitrogen and oxygen atoms in total. The Kier molecular flexibility index (Phi) is 14.3. The van der Waals surface area contributed by atoms with Crippen molar-refractivity contribution in [1.29, 1.82) is 0 Å². The van der Waals surface area contributed by atoms with Crippen molar-refractivity contribution < 1.29 is 29.3 Å². The van der Waals surface area contributed by atoms with Crippen LogP contribution in [-0.4, -0.2) is 95.9 Å². The maximum atomic E-state index is 12.4. The number of hydrogen-bond donors (Lipinski definition) is 3. The number of nitrogens with zero attached hydrogens (tertiary/aromatic N) is 2. The number of nitrogens with one attached hydrogen (secondary N) is 1. The van der Waals surface area contributed by atoms with Gasteiger partial charge >= 0.3 is 0 Å². The molecule has 1 atom stereocenters. The Hall–Kier alpha value is -1.71. The first kappa shape index (κ1) is 27.3. The van der Waals surface area contributed by atoms with E-state index in [0.717, 1.165) is 39.3 Å². The molecule has 1 unspecified atom stereocenters. The van der Waals surface area contributed by atoms with Crippen LogP contribution in [0.25, 0.3) is 0 Å². The van der Waals surface area contributed by atoms with E-state index >= 15 is 0 Å². The predicted octanol–water partition coefficient (Wildman–Crippen LogP) is 1.27. The quantitative estimate of drug-likeness (QED) is 0.553. The Morgan fingerprint density at radius 3 is 2.21 bits per heavy atom. The van der Waals surface area contributed by atoms with E-state index in [4.69, 9.17) is 24.5 Å². The number of carbonyl (C=O) groups excluding carboxylic acids is 1. The third-order valence-corrected chi connectivity index (χ3v) is 4.86. The van der Waals surface area contributed by atoms with Crippen molar-refractivity contribution in [1.82, 2.24) is 15.1 Å². The molecule has 2 saturated heterocycles. The topological polar surface area (TPSA) is 119 Å². The molecule has 0 aliphatic carbocycles. The lowest BCUT2D eigenvalue weighted by atomic mass is 10.0. The van der Waals surface area contributed by atoms with Gasteiger partial charge in [0.2, 0.25) is 5.91 Å². The van der Waals surface area contributed by atoms with Crippen molar-refractivity contribution in [3.8, 4) is 0 Å². The van der Waals surface area contributed by atoms with Crippen LogP contribution in [0.3, 0.4) is 0 Å². The minimum Gasteiger partial charge on any atom is -0.483 e. The molecule has 0 bridgehead atoms. The predicted molar refractivity (Wildman–Crippen MR) is 111 cm³/mol. The highest BCUT2D eigenvalue weighted by molar-refractivity contribution is 5.77. The standard InChI is InChI=1S/C18H35N3O2.2CH2O2/c1-15(2)21-10-11-23-16(13-21)12-17(22)19-18(3,4)14-20-8-6-5-7-9-20;2*2-1-3/h15-16H,5-14H2,1-4H3,(H,19,22);2*1H,(H,2,3). The van der Waals surface area contributed by atoms with Gasteiger partial charge in [-0.3, -0.25) is 19.3 Å². The molecule has 29 heavy (non-hydrogen) atoms. The highest BCUT2D eigenvalue weighted by Crippen LogP contribution is 2.15. The largest absolute Gasteiger partial charge is 0.483 e. The molecule has 1 amide bonds. The first-order valence-electron chi connectivity index (χ1n) is 10.2. The van der Waals surface area contributed by atoms with E-state index in [-0.39, 0.29) is 30.5 Å². The minimum atomic E-state index is -0.250. The third kappa shape index (κ3) is 13.2. The fourth-order valence-electron chi connectivity index (χ4n) is 3.69. The number of rotatable bonds is 6. The molecule has 0 spiro atoms. The molecule has 0 aromatic rings. The van der Waals surface area contributed by atoms with Crippen LogP contribution in [-0.2, 0) is 19.1 Å². The number of amides is 1. The second-order valence-electron chi connectivity index (χ2n) is 8.27. The van der Waals surface area contributed by atoms with Gasteiger partial charge in [0.1, 0.15) is 0 Å². The molecule has 2 heterocycles. The molecule has 2 fully saturated rings. The molecule has 0 saturated carbocycles. The second kappa shape index (κ2) is 15.2. The SMILES string of the molecule is CC(C)N1CCOC(CC(=O)NC(C)(C)CN2CCCCC2)C1.O=CO.O=CO. The fraction of sp³-hybridized carbons (Fsp3) is 0.850. The molecular formula is C20H39N3O6. The van der Waals surface area contributed by atoms with Crippen molar-refractivity contribution in [3.63, 3.8) is 0 Å². The summed E-state index contributed by atoms with van der Waals surface area (Å²) in [5.41, 5.74) is -0.180. The summed E-state index contributed by atoms with van der Waals surface area (Å²) in [5.74, 6) is 0.114. The smallest absolute Gasteiger partial charge is 0.290 e. The van der Waals surface area contributed by atoms with Crippen LogP contribution in [0, 0.1) is 0 Å². The summed E-state index contributed by atoms with van der Waals surface area (Å²) in [7, 11) is 0. The molecule has 2 aliphatic heterocycles. The summed E-state index contributed by atoms with van der Waals surface area (Å²) < 4.78 is 5.78. The van der Waals surface area contributed by atoms with Gasteiger partial charge in [0.05, 0.1) is 19.1 Å². The Labute approximate surface area is 174 Å². The molecule has 0 aromatic carbocycles. The fourth-order valence-corrected chi connectivity index (χ4v) is 3.69. The maximum Gasteiger partial charge on any atom is 0.290 e. The number of ether oxygens (including phenoxy) is 1. The zero-order valence-electron chi connectivity index (χ0n) is 18.3. The van der Waals surface area contributed by atoms with E-state index in [9.17, 15) is 4.79 Å². The normalized spacial score (nSPS) is 20.5. The van der Waals surface area contributed by atoms with E-state index in [1.807, 2.05) is 0 Å². The maximum absolute atomic E-state index is 12.4. The van der Waals surface area contributed by atoms with Gasteiger partial charge in [-0.1, -0.05) is 6.42 Å². The van der Waals surface area contributed by atoms with Crippen molar-refractivity contribution in [2.24, 2.45) is 0 Å². The Morgan fingerprint density at radius 2 is 1.69 bits per heavy atom. The lowest BCUT2D eigenvalue weighted by Crippen LogP contribution is -2.54. The minimum absolute atomic E-state index is 0.0249. The third-order valence-electron chi connectivity index (χ3n) is 4.86. The summed E-state index contributed by atoms with van der Waals surface area (Å²) in [5, 5.41) is 17.0. The molecule has 2 aliphatic rings. The van der Waals surface area contributed by atoms with Gasteiger partial charge in [-0.05, 0) is 53.6 Å². The number of morpholine rings is 1. The summed E-state index contributed by atoms with van der Waals surface area (Å²) in [6.07, 6.45) is 4.40. The number of likely N-dealkylation sites (tertiary alicyclic amines) is 1. The monoisotopic (exact) mass is 417 g/mol. The van der Waals surface area contributed by atoms with E-state index in [2.05, 4.69) is 42.8 Å². The van der Waals surface area contributed by atoms with Gasteiger partial charge in [-0.2, -0.15) is 0 Å². The lowest BCUT2D eigenvalue weighted by molar-refractivity contribution is -0.128. The molecule has 3 N–H and O–H groups in total. The van der Waals surface area contributed by atoms with E-state index in [1.165, 1.54) is 19.3 Å². The molecule has 2 rings (SSSR count). The van der Waals surface area contributed by atoms with Gasteiger partial charge in [0, 0.05) is 31.2 Å². The first-order chi connectivity index (χ1) is 13.7. The Bertz CT molecular complexity index is 461. The van der Waals surface area contributed by atoms with Gasteiger partial charge in [-0.25, -0.2) is 0 Å². The molecular weight excluding hydrogens is 378 g/mol. The molecule has 170 valence electrons. The summed E-state index contributed by atoms with van der Waals surface area (Å²) in [6, 6.07) is 0.514. The van der Waals surface area contributed by atoms with Crippen molar-refractivity contribution in [2.75, 3.05) is 39.3 Å². The van der Waals surface area contributed by atoms with Crippen LogP contribution in [0.2, 0.25) is 0 Å². The molecule has 0 aromatic heterocycles. The van der Waals surface area contributed by atoms with Crippen LogP contribution >= 0.6 is 0 Å². The molecule has 9 heteroatoms. The van der Waals surface area contributed by atoms with Crippen LogP contribution < -0.4 is 5.32 Å². The van der Waals surface area contributed by atoms with Crippen LogP contribution in [0.5, 0.6) is 0 Å². The van der Waals surface area contributed by atoms with Crippen LogP contribution in [0.15, 0.2) is 0 Å². The average Bonchev–Trinajstić information content (AvgIpc) is 2.63. The summed E-state index contributed by atoms with van der Waals surface area (Å²) in [6.45, 7) is 14.0. The average molecular weight is 418 g/mol. The molecule has 0 radical (unpaired) electrons. The highest BCUT2D eigenvalue weighted by atomic mass is 16.5. The zero-order valence-corrected chi connectivity index (χ0v) is 18.3. The number of carbonyl (C=O) groups is 3. The van der Waals surface area contributed by atoms with Gasteiger partial charge in [0.25, 0.3) is 12.9 Å². The first-order valence-corrected chi connectivity index (χ1v) is 10.2. The van der Waals surface area contributed by atoms with Gasteiger partial charge in [0.15, 0.2) is 0 Å². The highest BCUT2D eigenvalue weighted by Gasteiger charge is 2.28. The van der Waals surface area contributed by atoms with Gasteiger partial charge < -0.3 is 25.2 Å². The van der Waals surface area contributed by atoms with Gasteiger partial charge in [-0.15, -0.1) is 0 Å². The van der Waals surface area contributed by atoms with E-state index in [0.29, 0.717) is 12.5 Å². The summed E-state index contributed by atoms with van der Waals surface area (Å²) >= 11 is 0. The van der Waals surface area contributed by atoms with Crippen molar-refractivity contribution in [2.45, 2.75) is 71.1 Å². The second-order valence-corrected chi connectivity index (χ2v) is 8.27. The van der Waals surface area contributed by atoms with Crippen molar-refractivity contribution >= 4 is 18.9 Å². The Morgan fingerprint density at radius 1 is 1.14 bits per heavy atom. The van der Waals surface area contributed by atoms with Crippen molar-refractivity contribution in [3.05, 3.63) is 0 Å². The van der Waals surface area contributed by atoms with Crippen LogP contribution in [0.1, 0.15) is 53.4 Å². The number of hydrogen-bond acceptors (Lipinski definition) is 6. The number of piperidine rings is 1. The zero-order chi connectivity index (χ0) is 22.3. The van der Waals surface area contributed by atoms with Crippen LogP contribution in [0.4, 0.5) is 0 Å². The lowest BCUT2D eigenvalue weighted by Gasteiger charge is -2.37.